The molecular formula is C17H34N2. The van der Waals surface area contributed by atoms with Crippen LogP contribution in [-0.4, -0.2) is 37.1 Å². The summed E-state index contributed by atoms with van der Waals surface area (Å²) in [4.78, 5) is 2.68. The number of likely N-dealkylation sites (tertiary alicyclic amines) is 1. The first-order valence-electron chi connectivity index (χ1n) is 8.74. The van der Waals surface area contributed by atoms with Gasteiger partial charge in [0.1, 0.15) is 0 Å². The molecule has 0 aromatic carbocycles. The molecule has 0 aromatic heterocycles. The third-order valence-electron chi connectivity index (χ3n) is 5.88. The second-order valence-electron chi connectivity index (χ2n) is 6.84. The predicted octanol–water partition coefficient (Wildman–Crippen LogP) is 3.81. The molecule has 1 N–H and O–H groups in total. The molecule has 2 rings (SSSR count). The lowest BCUT2D eigenvalue weighted by Gasteiger charge is -2.41. The fourth-order valence-electron chi connectivity index (χ4n) is 3.94. The second-order valence-corrected chi connectivity index (χ2v) is 6.84. The van der Waals surface area contributed by atoms with E-state index in [4.69, 9.17) is 0 Å². The Morgan fingerprint density at radius 3 is 2.21 bits per heavy atom. The van der Waals surface area contributed by atoms with Gasteiger partial charge in [-0.05, 0) is 44.2 Å². The molecule has 0 radical (unpaired) electrons. The average molecular weight is 266 g/mol. The molecule has 1 heterocycles. The average Bonchev–Trinajstić information content (AvgIpc) is 2.49. The maximum atomic E-state index is 3.78. The van der Waals surface area contributed by atoms with Gasteiger partial charge in [-0.25, -0.2) is 0 Å². The molecule has 0 spiro atoms. The zero-order valence-electron chi connectivity index (χ0n) is 13.2. The van der Waals surface area contributed by atoms with Gasteiger partial charge < -0.3 is 10.2 Å². The fraction of sp³-hybridized carbons (Fsp3) is 1.00. The minimum Gasteiger partial charge on any atom is -0.313 e. The van der Waals surface area contributed by atoms with Gasteiger partial charge in [0.05, 0.1) is 0 Å². The first kappa shape index (κ1) is 15.3. The number of rotatable bonds is 6. The van der Waals surface area contributed by atoms with E-state index < -0.39 is 0 Å². The van der Waals surface area contributed by atoms with Crippen molar-refractivity contribution >= 4 is 0 Å². The van der Waals surface area contributed by atoms with Crippen LogP contribution in [0.4, 0.5) is 0 Å². The Morgan fingerprint density at radius 1 is 1.00 bits per heavy atom. The van der Waals surface area contributed by atoms with Gasteiger partial charge in [0.25, 0.3) is 0 Å². The van der Waals surface area contributed by atoms with Gasteiger partial charge in [0, 0.05) is 19.1 Å². The summed E-state index contributed by atoms with van der Waals surface area (Å²) in [5, 5.41) is 3.78. The summed E-state index contributed by atoms with van der Waals surface area (Å²) >= 11 is 0. The molecule has 0 aromatic rings. The molecule has 2 nitrogen and oxygen atoms in total. The highest BCUT2D eigenvalue weighted by Crippen LogP contribution is 2.37. The monoisotopic (exact) mass is 266 g/mol. The van der Waals surface area contributed by atoms with Crippen LogP contribution in [-0.2, 0) is 0 Å². The summed E-state index contributed by atoms with van der Waals surface area (Å²) in [6.07, 6.45) is 12.7. The van der Waals surface area contributed by atoms with Crippen LogP contribution < -0.4 is 5.32 Å². The molecule has 19 heavy (non-hydrogen) atoms. The van der Waals surface area contributed by atoms with Crippen molar-refractivity contribution < 1.29 is 0 Å². The largest absolute Gasteiger partial charge is 0.313 e. The van der Waals surface area contributed by atoms with E-state index in [9.17, 15) is 0 Å². The Morgan fingerprint density at radius 2 is 1.63 bits per heavy atom. The first-order chi connectivity index (χ1) is 9.28. The lowest BCUT2D eigenvalue weighted by atomic mass is 9.74. The topological polar surface area (TPSA) is 15.3 Å². The smallest absolute Gasteiger partial charge is 0.0107 e. The van der Waals surface area contributed by atoms with Crippen molar-refractivity contribution in [3.63, 3.8) is 0 Å². The molecule has 2 heteroatoms. The van der Waals surface area contributed by atoms with E-state index >= 15 is 0 Å². The Kier molecular flexibility index (Phi) is 6.15. The molecular weight excluding hydrogens is 232 g/mol. The summed E-state index contributed by atoms with van der Waals surface area (Å²) in [5.74, 6) is 0. The Bertz CT molecular complexity index is 232. The van der Waals surface area contributed by atoms with Gasteiger partial charge in [0.2, 0.25) is 0 Å². The summed E-state index contributed by atoms with van der Waals surface area (Å²) in [5.41, 5.74) is 0.674. The molecule has 1 saturated carbocycles. The highest BCUT2D eigenvalue weighted by molar-refractivity contribution is 4.84. The molecule has 0 amide bonds. The van der Waals surface area contributed by atoms with E-state index in [0.717, 1.165) is 6.04 Å². The van der Waals surface area contributed by atoms with E-state index in [0.29, 0.717) is 5.41 Å². The highest BCUT2D eigenvalue weighted by atomic mass is 15.1. The molecule has 2 aliphatic rings. The molecule has 112 valence electrons. The first-order valence-corrected chi connectivity index (χ1v) is 8.74. The van der Waals surface area contributed by atoms with Crippen LogP contribution >= 0.6 is 0 Å². The van der Waals surface area contributed by atoms with Crippen molar-refractivity contribution in [2.24, 2.45) is 5.41 Å². The number of hydrogen-bond acceptors (Lipinski definition) is 2. The molecule has 1 saturated heterocycles. The van der Waals surface area contributed by atoms with Gasteiger partial charge in [-0.15, -0.1) is 0 Å². The van der Waals surface area contributed by atoms with Gasteiger partial charge in [-0.2, -0.15) is 0 Å². The maximum Gasteiger partial charge on any atom is 0.0107 e. The van der Waals surface area contributed by atoms with Crippen molar-refractivity contribution in [3.05, 3.63) is 0 Å². The summed E-state index contributed by atoms with van der Waals surface area (Å²) in [6.45, 7) is 9.88. The van der Waals surface area contributed by atoms with Crippen LogP contribution in [0.1, 0.15) is 71.6 Å². The molecule has 0 bridgehead atoms. The lowest BCUT2D eigenvalue weighted by Crippen LogP contribution is -2.44. The van der Waals surface area contributed by atoms with E-state index in [2.05, 4.69) is 24.1 Å². The highest BCUT2D eigenvalue weighted by Gasteiger charge is 2.30. The van der Waals surface area contributed by atoms with E-state index in [1.165, 1.54) is 84.0 Å². The quantitative estimate of drug-likeness (QED) is 0.786. The van der Waals surface area contributed by atoms with E-state index in [1.54, 1.807) is 0 Å². The zero-order chi connectivity index (χ0) is 13.6. The molecule has 0 atom stereocenters. The van der Waals surface area contributed by atoms with Crippen molar-refractivity contribution in [1.29, 1.82) is 0 Å². The zero-order valence-corrected chi connectivity index (χ0v) is 13.2. The number of piperidine rings is 1. The van der Waals surface area contributed by atoms with Crippen molar-refractivity contribution in [2.45, 2.75) is 77.7 Å². The lowest BCUT2D eigenvalue weighted by molar-refractivity contribution is 0.0952. The Balaban J connectivity index is 1.60. The van der Waals surface area contributed by atoms with Crippen LogP contribution in [0.5, 0.6) is 0 Å². The molecule has 1 aliphatic heterocycles. The minimum absolute atomic E-state index is 0.674. The number of nitrogens with zero attached hydrogens (tertiary/aromatic N) is 1. The van der Waals surface area contributed by atoms with Crippen molar-refractivity contribution in [1.82, 2.24) is 10.2 Å². The molecule has 1 aliphatic carbocycles. The minimum atomic E-state index is 0.674. The van der Waals surface area contributed by atoms with E-state index in [-0.39, 0.29) is 0 Å². The second kappa shape index (κ2) is 7.64. The molecule has 2 fully saturated rings. The third kappa shape index (κ3) is 4.46. The van der Waals surface area contributed by atoms with Crippen LogP contribution in [0.3, 0.4) is 0 Å². The Labute approximate surface area is 120 Å². The summed E-state index contributed by atoms with van der Waals surface area (Å²) in [6, 6.07) is 0.823. The molecule has 0 unspecified atom stereocenters. The number of hydrogen-bond donors (Lipinski definition) is 1. The maximum absolute atomic E-state index is 3.78. The van der Waals surface area contributed by atoms with Gasteiger partial charge in [-0.3, -0.25) is 0 Å². The Hall–Kier alpha value is -0.0800. The van der Waals surface area contributed by atoms with Crippen LogP contribution in [0.15, 0.2) is 0 Å². The normalized spacial score (nSPS) is 25.6. The SMILES string of the molecule is CCC1(CC)CCN(CCNC2CCCCC2)CC1. The fourth-order valence-corrected chi connectivity index (χ4v) is 3.94. The third-order valence-corrected chi connectivity index (χ3v) is 5.88. The van der Waals surface area contributed by atoms with Crippen LogP contribution in [0.2, 0.25) is 0 Å². The van der Waals surface area contributed by atoms with Gasteiger partial charge in [0.15, 0.2) is 0 Å². The number of nitrogens with one attached hydrogen (secondary N) is 1. The van der Waals surface area contributed by atoms with Gasteiger partial charge in [-0.1, -0.05) is 46.0 Å². The van der Waals surface area contributed by atoms with Crippen LogP contribution in [0.25, 0.3) is 0 Å². The van der Waals surface area contributed by atoms with Crippen LogP contribution in [0, 0.1) is 5.41 Å². The summed E-state index contributed by atoms with van der Waals surface area (Å²) in [7, 11) is 0. The standard InChI is InChI=1S/C17H34N2/c1-3-17(4-2)10-13-19(14-11-17)15-12-18-16-8-6-5-7-9-16/h16,18H,3-15H2,1-2H3. The van der Waals surface area contributed by atoms with Crippen molar-refractivity contribution in [2.75, 3.05) is 26.2 Å². The predicted molar refractivity (Wildman–Crippen MR) is 83.6 cm³/mol. The van der Waals surface area contributed by atoms with Gasteiger partial charge >= 0.3 is 0 Å². The van der Waals surface area contributed by atoms with Crippen molar-refractivity contribution in [3.8, 4) is 0 Å². The summed E-state index contributed by atoms with van der Waals surface area (Å²) < 4.78 is 0. The van der Waals surface area contributed by atoms with E-state index in [1.807, 2.05) is 0 Å².